The van der Waals surface area contributed by atoms with Gasteiger partial charge in [-0.15, -0.1) is 0 Å². The molecule has 2 aromatic carbocycles. The first-order valence-corrected chi connectivity index (χ1v) is 11.3. The average molecular weight is 475 g/mol. The first-order valence-electron chi connectivity index (χ1n) is 10.5. The molecular formula is C24H31BrN2O3. The average Bonchev–Trinajstić information content (AvgIpc) is 2.76. The van der Waals surface area contributed by atoms with Crippen molar-refractivity contribution in [3.63, 3.8) is 0 Å². The Labute approximate surface area is 187 Å². The second-order valence-corrected chi connectivity index (χ2v) is 8.22. The highest BCUT2D eigenvalue weighted by atomic mass is 79.9. The predicted octanol–water partition coefficient (Wildman–Crippen LogP) is 4.59. The molecule has 0 unspecified atom stereocenters. The lowest BCUT2D eigenvalue weighted by Crippen LogP contribution is -2.52. The third-order valence-electron chi connectivity index (χ3n) is 5.05. The molecule has 6 heteroatoms. The molecule has 0 heterocycles. The minimum absolute atomic E-state index is 0.0663. The number of carbonyl (C=O) groups is 2. The van der Waals surface area contributed by atoms with Gasteiger partial charge in [-0.1, -0.05) is 60.1 Å². The summed E-state index contributed by atoms with van der Waals surface area (Å²) >= 11 is 3.39. The fourth-order valence-electron chi connectivity index (χ4n) is 3.10. The molecule has 0 saturated heterocycles. The lowest BCUT2D eigenvalue weighted by Gasteiger charge is -2.31. The van der Waals surface area contributed by atoms with Crippen molar-refractivity contribution in [2.75, 3.05) is 13.2 Å². The summed E-state index contributed by atoms with van der Waals surface area (Å²) in [4.78, 5) is 27.6. The number of hydrogen-bond donors (Lipinski definition) is 1. The molecule has 5 nitrogen and oxygen atoms in total. The summed E-state index contributed by atoms with van der Waals surface area (Å²) in [6.45, 7) is 6.27. The van der Waals surface area contributed by atoms with Crippen molar-refractivity contribution in [1.29, 1.82) is 0 Å². The van der Waals surface area contributed by atoms with Crippen LogP contribution in [0.2, 0.25) is 0 Å². The zero-order valence-electron chi connectivity index (χ0n) is 17.9. The summed E-state index contributed by atoms with van der Waals surface area (Å²) in [7, 11) is 0. The van der Waals surface area contributed by atoms with Crippen LogP contribution in [0.4, 0.5) is 0 Å². The molecule has 2 atom stereocenters. The van der Waals surface area contributed by atoms with Gasteiger partial charge in [0, 0.05) is 17.1 Å². The summed E-state index contributed by atoms with van der Waals surface area (Å²) in [5.74, 6) is 0.309. The van der Waals surface area contributed by atoms with E-state index in [1.165, 1.54) is 0 Å². The van der Waals surface area contributed by atoms with Crippen LogP contribution in [-0.4, -0.2) is 41.9 Å². The quantitative estimate of drug-likeness (QED) is 0.517. The van der Waals surface area contributed by atoms with Crippen LogP contribution in [0.25, 0.3) is 0 Å². The van der Waals surface area contributed by atoms with Crippen LogP contribution in [0.3, 0.4) is 0 Å². The van der Waals surface area contributed by atoms with Crippen molar-refractivity contribution in [2.24, 2.45) is 0 Å². The molecule has 30 heavy (non-hydrogen) atoms. The Hall–Kier alpha value is -2.34. The van der Waals surface area contributed by atoms with Crippen molar-refractivity contribution in [3.05, 3.63) is 64.6 Å². The van der Waals surface area contributed by atoms with Gasteiger partial charge in [0.1, 0.15) is 11.8 Å². The SMILES string of the molecule is CC[C@@H](C)NC(=O)[C@@H](CC)N(CCc1ccccc1)C(=O)COc1ccc(Br)cc1. The van der Waals surface area contributed by atoms with Crippen molar-refractivity contribution >= 4 is 27.7 Å². The normalized spacial score (nSPS) is 12.7. The highest BCUT2D eigenvalue weighted by Crippen LogP contribution is 2.17. The van der Waals surface area contributed by atoms with Gasteiger partial charge in [0.25, 0.3) is 5.91 Å². The summed E-state index contributed by atoms with van der Waals surface area (Å²) in [6, 6.07) is 16.9. The number of rotatable bonds is 11. The lowest BCUT2D eigenvalue weighted by molar-refractivity contribution is -0.142. The maximum Gasteiger partial charge on any atom is 0.261 e. The molecule has 2 rings (SSSR count). The number of nitrogens with one attached hydrogen (secondary N) is 1. The zero-order chi connectivity index (χ0) is 21.9. The molecule has 2 aromatic rings. The van der Waals surface area contributed by atoms with Gasteiger partial charge in [-0.3, -0.25) is 9.59 Å². The Morgan fingerprint density at radius 3 is 2.30 bits per heavy atom. The summed E-state index contributed by atoms with van der Waals surface area (Å²) < 4.78 is 6.63. The molecule has 2 amide bonds. The number of benzene rings is 2. The van der Waals surface area contributed by atoms with Crippen molar-refractivity contribution in [1.82, 2.24) is 10.2 Å². The van der Waals surface area contributed by atoms with Crippen LogP contribution >= 0.6 is 15.9 Å². The molecule has 0 fully saturated rings. The highest BCUT2D eigenvalue weighted by molar-refractivity contribution is 9.10. The van der Waals surface area contributed by atoms with Gasteiger partial charge in [0.2, 0.25) is 5.91 Å². The van der Waals surface area contributed by atoms with Crippen LogP contribution in [0.5, 0.6) is 5.75 Å². The molecule has 0 aliphatic carbocycles. The Kier molecular flexibility index (Phi) is 9.87. The van der Waals surface area contributed by atoms with Crippen LogP contribution in [0.1, 0.15) is 39.2 Å². The smallest absolute Gasteiger partial charge is 0.261 e. The maximum atomic E-state index is 13.1. The van der Waals surface area contributed by atoms with E-state index in [4.69, 9.17) is 4.74 Å². The van der Waals surface area contributed by atoms with Gasteiger partial charge in [-0.05, 0) is 56.0 Å². The monoisotopic (exact) mass is 474 g/mol. The highest BCUT2D eigenvalue weighted by Gasteiger charge is 2.29. The lowest BCUT2D eigenvalue weighted by atomic mass is 10.1. The van der Waals surface area contributed by atoms with E-state index in [0.717, 1.165) is 16.5 Å². The third-order valence-corrected chi connectivity index (χ3v) is 5.58. The van der Waals surface area contributed by atoms with Crippen molar-refractivity contribution in [2.45, 2.75) is 52.1 Å². The largest absolute Gasteiger partial charge is 0.484 e. The van der Waals surface area contributed by atoms with Gasteiger partial charge in [0.05, 0.1) is 0 Å². The second-order valence-electron chi connectivity index (χ2n) is 7.31. The van der Waals surface area contributed by atoms with E-state index in [-0.39, 0.29) is 24.5 Å². The Balaban J connectivity index is 2.11. The molecular weight excluding hydrogens is 444 g/mol. The van der Waals surface area contributed by atoms with Crippen LogP contribution in [-0.2, 0) is 16.0 Å². The number of ether oxygens (including phenoxy) is 1. The fraction of sp³-hybridized carbons (Fsp3) is 0.417. The standard InChI is InChI=1S/C24H31BrN2O3/c1-4-18(3)26-24(29)22(5-2)27(16-15-19-9-7-6-8-10-19)23(28)17-30-21-13-11-20(25)12-14-21/h6-14,18,22H,4-5,15-17H2,1-3H3,(H,26,29)/t18-,22-/m1/s1. The number of nitrogens with zero attached hydrogens (tertiary/aromatic N) is 1. The molecule has 0 aliphatic rings. The van der Waals surface area contributed by atoms with Crippen LogP contribution < -0.4 is 10.1 Å². The molecule has 0 radical (unpaired) electrons. The summed E-state index contributed by atoms with van der Waals surface area (Å²) in [5.41, 5.74) is 1.13. The third kappa shape index (κ3) is 7.48. The van der Waals surface area contributed by atoms with Gasteiger partial charge in [-0.2, -0.15) is 0 Å². The molecule has 0 bridgehead atoms. The number of carbonyl (C=O) groups excluding carboxylic acids is 2. The van der Waals surface area contributed by atoms with Crippen LogP contribution in [0.15, 0.2) is 59.1 Å². The van der Waals surface area contributed by atoms with Gasteiger partial charge in [-0.25, -0.2) is 0 Å². The second kappa shape index (κ2) is 12.4. The topological polar surface area (TPSA) is 58.6 Å². The van der Waals surface area contributed by atoms with E-state index in [9.17, 15) is 9.59 Å². The predicted molar refractivity (Wildman–Crippen MR) is 123 cm³/mol. The summed E-state index contributed by atoms with van der Waals surface area (Å²) in [6.07, 6.45) is 2.06. The zero-order valence-corrected chi connectivity index (χ0v) is 19.5. The summed E-state index contributed by atoms with van der Waals surface area (Å²) in [5, 5.41) is 3.02. The van der Waals surface area contributed by atoms with Crippen molar-refractivity contribution < 1.29 is 14.3 Å². The minimum Gasteiger partial charge on any atom is -0.484 e. The van der Waals surface area contributed by atoms with Gasteiger partial charge in [0.15, 0.2) is 6.61 Å². The molecule has 0 saturated carbocycles. The number of amides is 2. The molecule has 1 N–H and O–H groups in total. The molecule has 0 aliphatic heterocycles. The van der Waals surface area contributed by atoms with E-state index in [1.807, 2.05) is 63.2 Å². The maximum absolute atomic E-state index is 13.1. The number of halogens is 1. The molecule has 0 spiro atoms. The first kappa shape index (κ1) is 23.9. The molecule has 162 valence electrons. The Bertz CT molecular complexity index is 796. The first-order chi connectivity index (χ1) is 14.4. The van der Waals surface area contributed by atoms with Gasteiger partial charge < -0.3 is 15.0 Å². The Morgan fingerprint density at radius 1 is 1.03 bits per heavy atom. The van der Waals surface area contributed by atoms with E-state index in [1.54, 1.807) is 17.0 Å². The van der Waals surface area contributed by atoms with E-state index in [0.29, 0.717) is 25.1 Å². The fourth-order valence-corrected chi connectivity index (χ4v) is 3.36. The number of hydrogen-bond acceptors (Lipinski definition) is 3. The van der Waals surface area contributed by atoms with E-state index in [2.05, 4.69) is 21.2 Å². The minimum atomic E-state index is -0.524. The van der Waals surface area contributed by atoms with Crippen molar-refractivity contribution in [3.8, 4) is 5.75 Å². The Morgan fingerprint density at radius 2 is 1.70 bits per heavy atom. The van der Waals surface area contributed by atoms with Gasteiger partial charge >= 0.3 is 0 Å². The van der Waals surface area contributed by atoms with Crippen LogP contribution in [0, 0.1) is 0 Å². The van der Waals surface area contributed by atoms with E-state index < -0.39 is 6.04 Å². The van der Waals surface area contributed by atoms with E-state index >= 15 is 0 Å². The molecule has 0 aromatic heterocycles.